The number of hydrogen-bond donors (Lipinski definition) is 1. The van der Waals surface area contributed by atoms with E-state index in [1.807, 2.05) is 0 Å². The van der Waals surface area contributed by atoms with Crippen molar-refractivity contribution in [3.63, 3.8) is 0 Å². The van der Waals surface area contributed by atoms with E-state index in [0.717, 1.165) is 25.1 Å². The zero-order valence-electron chi connectivity index (χ0n) is 8.33. The maximum Gasteiger partial charge on any atom is 0.0943 e. The molecule has 2 heterocycles. The van der Waals surface area contributed by atoms with Crippen LogP contribution in [-0.4, -0.2) is 9.67 Å². The van der Waals surface area contributed by atoms with E-state index < -0.39 is 0 Å². The van der Waals surface area contributed by atoms with E-state index in [0.29, 0.717) is 5.92 Å². The van der Waals surface area contributed by atoms with Gasteiger partial charge in [0.2, 0.25) is 0 Å². The van der Waals surface area contributed by atoms with Gasteiger partial charge in [0.1, 0.15) is 0 Å². The average molecular weight is 179 g/mol. The molecule has 1 aliphatic heterocycles. The first-order chi connectivity index (χ1) is 6.20. The van der Waals surface area contributed by atoms with Gasteiger partial charge in [0.25, 0.3) is 0 Å². The fourth-order valence-corrected chi connectivity index (χ4v) is 2.14. The van der Waals surface area contributed by atoms with Crippen LogP contribution in [0.15, 0.2) is 12.3 Å². The molecule has 0 aromatic carbocycles. The van der Waals surface area contributed by atoms with Gasteiger partial charge in [0.15, 0.2) is 0 Å². The minimum Gasteiger partial charge on any atom is -0.387 e. The molecule has 1 aromatic heterocycles. The van der Waals surface area contributed by atoms with Crippen molar-refractivity contribution < 1.29 is 5.11 Å². The second kappa shape index (κ2) is 3.18. The number of aliphatic hydroxyl groups is 1. The minimum atomic E-state index is -0.246. The summed E-state index contributed by atoms with van der Waals surface area (Å²) in [5.41, 5.74) is 2.44. The fraction of sp³-hybridized carbons (Fsp3) is 0.636. The molecule has 1 aromatic rings. The summed E-state index contributed by atoms with van der Waals surface area (Å²) in [6.45, 7) is 5.40. The van der Waals surface area contributed by atoms with Gasteiger partial charge in [-0.15, -0.1) is 0 Å². The Balaban J connectivity index is 2.35. The third kappa shape index (κ3) is 1.51. The lowest BCUT2D eigenvalue weighted by molar-refractivity contribution is 0.114. The van der Waals surface area contributed by atoms with E-state index in [2.05, 4.69) is 30.7 Å². The Kier molecular flexibility index (Phi) is 2.16. The summed E-state index contributed by atoms with van der Waals surface area (Å²) in [4.78, 5) is 0. The van der Waals surface area contributed by atoms with Crippen molar-refractivity contribution in [2.75, 3.05) is 0 Å². The first kappa shape index (κ1) is 8.82. The largest absolute Gasteiger partial charge is 0.387 e. The van der Waals surface area contributed by atoms with Crippen LogP contribution in [0, 0.1) is 5.92 Å². The highest BCUT2D eigenvalue weighted by atomic mass is 16.3. The highest BCUT2D eigenvalue weighted by molar-refractivity contribution is 5.22. The molecule has 0 spiro atoms. The van der Waals surface area contributed by atoms with E-state index >= 15 is 0 Å². The second-order valence-electron chi connectivity index (χ2n) is 4.14. The summed E-state index contributed by atoms with van der Waals surface area (Å²) in [7, 11) is 0. The Morgan fingerprint density at radius 1 is 1.62 bits per heavy atom. The van der Waals surface area contributed by atoms with Gasteiger partial charge in [-0.3, -0.25) is 0 Å². The Morgan fingerprint density at radius 3 is 3.08 bits per heavy atom. The summed E-state index contributed by atoms with van der Waals surface area (Å²) in [6.07, 6.45) is 3.90. The van der Waals surface area contributed by atoms with Crippen LogP contribution in [0.25, 0.3) is 0 Å². The Bertz CT molecular complexity index is 303. The predicted octanol–water partition coefficient (Wildman–Crippen LogP) is 2.12. The maximum absolute atomic E-state index is 9.82. The van der Waals surface area contributed by atoms with Gasteiger partial charge in [-0.05, 0) is 30.4 Å². The Morgan fingerprint density at radius 2 is 2.38 bits per heavy atom. The summed E-state index contributed by atoms with van der Waals surface area (Å²) in [5.74, 6) is 0.597. The lowest BCUT2D eigenvalue weighted by Crippen LogP contribution is -2.20. The number of fused-ring (bicyclic) bond motifs is 1. The Labute approximate surface area is 79.2 Å². The van der Waals surface area contributed by atoms with Gasteiger partial charge < -0.3 is 9.67 Å². The molecule has 0 bridgehead atoms. The lowest BCUT2D eigenvalue weighted by Gasteiger charge is -2.25. The minimum absolute atomic E-state index is 0.246. The van der Waals surface area contributed by atoms with Gasteiger partial charge in [-0.2, -0.15) is 0 Å². The summed E-state index contributed by atoms with van der Waals surface area (Å²) in [6, 6.07) is 2.14. The number of hydrogen-bond acceptors (Lipinski definition) is 1. The average Bonchev–Trinajstić information content (AvgIpc) is 2.47. The monoisotopic (exact) mass is 179 g/mol. The highest BCUT2D eigenvalue weighted by Gasteiger charge is 2.22. The molecular formula is C11H17NO. The molecule has 0 aliphatic carbocycles. The zero-order valence-corrected chi connectivity index (χ0v) is 8.33. The Hall–Kier alpha value is -0.760. The molecule has 1 aliphatic rings. The number of nitrogens with zero attached hydrogens (tertiary/aromatic N) is 1. The normalized spacial score (nSPS) is 27.3. The van der Waals surface area contributed by atoms with Crippen LogP contribution in [0.4, 0.5) is 0 Å². The van der Waals surface area contributed by atoms with Gasteiger partial charge in [-0.1, -0.05) is 13.8 Å². The first-order valence-electron chi connectivity index (χ1n) is 5.07. The third-order valence-corrected chi connectivity index (χ3v) is 2.87. The van der Waals surface area contributed by atoms with Crippen molar-refractivity contribution in [1.29, 1.82) is 0 Å². The standard InChI is InChI=1S/C11H17NO/c1-3-9-5-10-11(13)4-8(2)6-12(10)7-9/h5,7-8,11,13H,3-4,6H2,1-2H3. The van der Waals surface area contributed by atoms with Gasteiger partial charge >= 0.3 is 0 Å². The van der Waals surface area contributed by atoms with Crippen molar-refractivity contribution in [2.45, 2.75) is 39.3 Å². The topological polar surface area (TPSA) is 25.2 Å². The number of aryl methyl sites for hydroxylation is 1. The zero-order chi connectivity index (χ0) is 9.42. The smallest absolute Gasteiger partial charge is 0.0943 e. The molecule has 0 saturated heterocycles. The molecular weight excluding hydrogens is 162 g/mol. The van der Waals surface area contributed by atoms with E-state index in [9.17, 15) is 5.11 Å². The van der Waals surface area contributed by atoms with E-state index in [-0.39, 0.29) is 6.10 Å². The maximum atomic E-state index is 9.82. The van der Waals surface area contributed by atoms with Crippen LogP contribution >= 0.6 is 0 Å². The number of rotatable bonds is 1. The molecule has 1 N–H and O–H groups in total. The van der Waals surface area contributed by atoms with E-state index in [1.54, 1.807) is 0 Å². The number of aliphatic hydroxyl groups excluding tert-OH is 1. The summed E-state index contributed by atoms with van der Waals surface area (Å²) >= 11 is 0. The molecule has 2 rings (SSSR count). The van der Waals surface area contributed by atoms with Gasteiger partial charge in [-0.25, -0.2) is 0 Å². The molecule has 72 valence electrons. The second-order valence-corrected chi connectivity index (χ2v) is 4.14. The van der Waals surface area contributed by atoms with Crippen molar-refractivity contribution in [1.82, 2.24) is 4.57 Å². The summed E-state index contributed by atoms with van der Waals surface area (Å²) < 4.78 is 2.21. The van der Waals surface area contributed by atoms with Crippen molar-refractivity contribution >= 4 is 0 Å². The van der Waals surface area contributed by atoms with Crippen molar-refractivity contribution in [3.8, 4) is 0 Å². The molecule has 2 unspecified atom stereocenters. The molecule has 0 saturated carbocycles. The van der Waals surface area contributed by atoms with Crippen molar-refractivity contribution in [2.24, 2.45) is 5.92 Å². The molecule has 0 fully saturated rings. The van der Waals surface area contributed by atoms with Crippen LogP contribution in [0.3, 0.4) is 0 Å². The van der Waals surface area contributed by atoms with Crippen LogP contribution in [0.2, 0.25) is 0 Å². The first-order valence-corrected chi connectivity index (χ1v) is 5.07. The predicted molar refractivity (Wildman–Crippen MR) is 52.6 cm³/mol. The molecule has 13 heavy (non-hydrogen) atoms. The number of aromatic nitrogens is 1. The third-order valence-electron chi connectivity index (χ3n) is 2.87. The van der Waals surface area contributed by atoms with Gasteiger partial charge in [0, 0.05) is 18.4 Å². The lowest BCUT2D eigenvalue weighted by atomic mass is 9.98. The molecule has 0 radical (unpaired) electrons. The SMILES string of the molecule is CCc1cc2n(c1)CC(C)CC2O. The fourth-order valence-electron chi connectivity index (χ4n) is 2.14. The van der Waals surface area contributed by atoms with Crippen molar-refractivity contribution in [3.05, 3.63) is 23.5 Å². The van der Waals surface area contributed by atoms with E-state index in [1.165, 1.54) is 5.56 Å². The molecule has 2 heteroatoms. The molecule has 2 atom stereocenters. The highest BCUT2D eigenvalue weighted by Crippen LogP contribution is 2.29. The van der Waals surface area contributed by atoms with Gasteiger partial charge in [0.05, 0.1) is 6.10 Å². The summed E-state index contributed by atoms with van der Waals surface area (Å²) in [5, 5.41) is 9.82. The van der Waals surface area contributed by atoms with Crippen LogP contribution < -0.4 is 0 Å². The van der Waals surface area contributed by atoms with Crippen LogP contribution in [0.5, 0.6) is 0 Å². The molecule has 0 amide bonds. The van der Waals surface area contributed by atoms with E-state index in [4.69, 9.17) is 0 Å². The van der Waals surface area contributed by atoms with Crippen LogP contribution in [0.1, 0.15) is 37.6 Å². The van der Waals surface area contributed by atoms with Crippen LogP contribution in [-0.2, 0) is 13.0 Å². The quantitative estimate of drug-likeness (QED) is 0.702. The molecule has 2 nitrogen and oxygen atoms in total.